The van der Waals surface area contributed by atoms with Gasteiger partial charge in [-0.3, -0.25) is 4.90 Å². The number of unbranched alkanes of at least 4 members (excludes halogenated alkanes) is 1. The molecule has 0 spiro atoms. The molecule has 1 atom stereocenters. The Hall–Kier alpha value is -0.0800. The van der Waals surface area contributed by atoms with Crippen molar-refractivity contribution in [3.8, 4) is 0 Å². The Morgan fingerprint density at radius 2 is 2.00 bits per heavy atom. The lowest BCUT2D eigenvalue weighted by Gasteiger charge is -2.23. The van der Waals surface area contributed by atoms with Gasteiger partial charge in [0.2, 0.25) is 0 Å². The van der Waals surface area contributed by atoms with E-state index in [1.54, 1.807) is 0 Å². The van der Waals surface area contributed by atoms with Crippen molar-refractivity contribution in [1.29, 1.82) is 0 Å². The molecule has 0 saturated carbocycles. The standard InChI is InChI=1S/C10H21NO/c1-3-4-9-12-10(2)11-7-5-6-8-11/h10H,3-9H2,1-2H3. The monoisotopic (exact) mass is 171 g/mol. The average Bonchev–Trinajstić information content (AvgIpc) is 2.56. The fourth-order valence-corrected chi connectivity index (χ4v) is 1.61. The highest BCUT2D eigenvalue weighted by atomic mass is 16.5. The highest BCUT2D eigenvalue weighted by Gasteiger charge is 2.17. The zero-order valence-corrected chi connectivity index (χ0v) is 8.38. The minimum Gasteiger partial charge on any atom is -0.363 e. The van der Waals surface area contributed by atoms with Crippen molar-refractivity contribution in [2.45, 2.75) is 45.8 Å². The maximum atomic E-state index is 5.69. The molecule has 12 heavy (non-hydrogen) atoms. The van der Waals surface area contributed by atoms with Crippen LogP contribution in [0.5, 0.6) is 0 Å². The van der Waals surface area contributed by atoms with Crippen LogP contribution in [0.1, 0.15) is 39.5 Å². The molecule has 0 aromatic heterocycles. The molecule has 1 heterocycles. The first-order chi connectivity index (χ1) is 5.84. The van der Waals surface area contributed by atoms with Crippen LogP contribution in [0.2, 0.25) is 0 Å². The van der Waals surface area contributed by atoms with Crippen LogP contribution >= 0.6 is 0 Å². The molecule has 72 valence electrons. The summed E-state index contributed by atoms with van der Waals surface area (Å²) >= 11 is 0. The maximum absolute atomic E-state index is 5.69. The van der Waals surface area contributed by atoms with Gasteiger partial charge in [-0.1, -0.05) is 13.3 Å². The number of ether oxygens (including phenoxy) is 1. The van der Waals surface area contributed by atoms with Gasteiger partial charge in [0.25, 0.3) is 0 Å². The second kappa shape index (κ2) is 5.55. The molecule has 0 radical (unpaired) electrons. The third-order valence-electron chi connectivity index (χ3n) is 2.51. The van der Waals surface area contributed by atoms with E-state index in [1.165, 1.54) is 38.8 Å². The number of rotatable bonds is 5. The van der Waals surface area contributed by atoms with Gasteiger partial charge in [-0.2, -0.15) is 0 Å². The SMILES string of the molecule is CCCCOC(C)N1CCCC1. The van der Waals surface area contributed by atoms with Gasteiger partial charge < -0.3 is 4.74 Å². The molecule has 1 saturated heterocycles. The molecule has 1 rings (SSSR count). The Balaban J connectivity index is 2.05. The predicted octanol–water partition coefficient (Wildman–Crippen LogP) is 2.24. The van der Waals surface area contributed by atoms with Crippen molar-refractivity contribution >= 4 is 0 Å². The summed E-state index contributed by atoms with van der Waals surface area (Å²) in [7, 11) is 0. The predicted molar refractivity (Wildman–Crippen MR) is 51.1 cm³/mol. The second-order valence-corrected chi connectivity index (χ2v) is 3.57. The van der Waals surface area contributed by atoms with Crippen LogP contribution in [0.15, 0.2) is 0 Å². The third kappa shape index (κ3) is 3.11. The van der Waals surface area contributed by atoms with Gasteiger partial charge in [-0.05, 0) is 26.2 Å². The summed E-state index contributed by atoms with van der Waals surface area (Å²) in [6.45, 7) is 7.75. The van der Waals surface area contributed by atoms with Crippen molar-refractivity contribution in [3.05, 3.63) is 0 Å². The van der Waals surface area contributed by atoms with Crippen molar-refractivity contribution in [2.75, 3.05) is 19.7 Å². The minimum absolute atomic E-state index is 0.346. The number of nitrogens with zero attached hydrogens (tertiary/aromatic N) is 1. The van der Waals surface area contributed by atoms with E-state index in [9.17, 15) is 0 Å². The molecule has 1 aliphatic heterocycles. The van der Waals surface area contributed by atoms with E-state index in [2.05, 4.69) is 18.7 Å². The highest BCUT2D eigenvalue weighted by molar-refractivity contribution is 4.67. The topological polar surface area (TPSA) is 12.5 Å². The molecule has 1 fully saturated rings. The molecule has 2 nitrogen and oxygen atoms in total. The Kier molecular flexibility index (Phi) is 4.62. The molecule has 2 heteroatoms. The van der Waals surface area contributed by atoms with Gasteiger partial charge in [0.1, 0.15) is 6.23 Å². The van der Waals surface area contributed by atoms with E-state index in [-0.39, 0.29) is 0 Å². The summed E-state index contributed by atoms with van der Waals surface area (Å²) in [6.07, 6.45) is 5.47. The Morgan fingerprint density at radius 3 is 2.58 bits per heavy atom. The van der Waals surface area contributed by atoms with E-state index in [1.807, 2.05) is 0 Å². The zero-order chi connectivity index (χ0) is 8.81. The van der Waals surface area contributed by atoms with Crippen LogP contribution in [-0.4, -0.2) is 30.8 Å². The number of likely N-dealkylation sites (tertiary alicyclic amines) is 1. The van der Waals surface area contributed by atoms with Gasteiger partial charge in [-0.15, -0.1) is 0 Å². The highest BCUT2D eigenvalue weighted by Crippen LogP contribution is 2.12. The van der Waals surface area contributed by atoms with Gasteiger partial charge in [0.05, 0.1) is 0 Å². The second-order valence-electron chi connectivity index (χ2n) is 3.57. The smallest absolute Gasteiger partial charge is 0.107 e. The summed E-state index contributed by atoms with van der Waals surface area (Å²) in [5, 5.41) is 0. The maximum Gasteiger partial charge on any atom is 0.107 e. The summed E-state index contributed by atoms with van der Waals surface area (Å²) in [6, 6.07) is 0. The van der Waals surface area contributed by atoms with Crippen LogP contribution in [0, 0.1) is 0 Å². The lowest BCUT2D eigenvalue weighted by molar-refractivity contribution is -0.0370. The summed E-state index contributed by atoms with van der Waals surface area (Å²) < 4.78 is 5.69. The molecule has 0 aromatic carbocycles. The van der Waals surface area contributed by atoms with Gasteiger partial charge in [0, 0.05) is 19.7 Å². The Bertz CT molecular complexity index is 110. The first-order valence-electron chi connectivity index (χ1n) is 5.20. The van der Waals surface area contributed by atoms with Gasteiger partial charge >= 0.3 is 0 Å². The molecular weight excluding hydrogens is 150 g/mol. The van der Waals surface area contributed by atoms with Gasteiger partial charge in [0.15, 0.2) is 0 Å². The lowest BCUT2D eigenvalue weighted by atomic mass is 10.4. The van der Waals surface area contributed by atoms with Crippen molar-refractivity contribution in [2.24, 2.45) is 0 Å². The normalized spacial score (nSPS) is 21.5. The summed E-state index contributed by atoms with van der Waals surface area (Å²) in [4.78, 5) is 2.43. The van der Waals surface area contributed by atoms with Crippen LogP contribution in [0.3, 0.4) is 0 Å². The number of hydrogen-bond acceptors (Lipinski definition) is 2. The van der Waals surface area contributed by atoms with E-state index < -0.39 is 0 Å². The fraction of sp³-hybridized carbons (Fsp3) is 1.00. The molecule has 0 aromatic rings. The molecule has 0 amide bonds. The third-order valence-corrected chi connectivity index (χ3v) is 2.51. The van der Waals surface area contributed by atoms with Crippen LogP contribution in [0.4, 0.5) is 0 Å². The van der Waals surface area contributed by atoms with Crippen LogP contribution in [0.25, 0.3) is 0 Å². The summed E-state index contributed by atoms with van der Waals surface area (Å²) in [5.41, 5.74) is 0. The average molecular weight is 171 g/mol. The molecule has 0 bridgehead atoms. The zero-order valence-electron chi connectivity index (χ0n) is 8.38. The fourth-order valence-electron chi connectivity index (χ4n) is 1.61. The van der Waals surface area contributed by atoms with E-state index in [0.29, 0.717) is 6.23 Å². The Morgan fingerprint density at radius 1 is 1.33 bits per heavy atom. The molecule has 1 aliphatic rings. The molecular formula is C10H21NO. The van der Waals surface area contributed by atoms with E-state index in [0.717, 1.165) is 6.61 Å². The quantitative estimate of drug-likeness (QED) is 0.588. The van der Waals surface area contributed by atoms with E-state index >= 15 is 0 Å². The first kappa shape index (κ1) is 10.0. The molecule has 0 aliphatic carbocycles. The van der Waals surface area contributed by atoms with Crippen molar-refractivity contribution in [3.63, 3.8) is 0 Å². The largest absolute Gasteiger partial charge is 0.363 e. The van der Waals surface area contributed by atoms with Crippen LogP contribution in [-0.2, 0) is 4.74 Å². The van der Waals surface area contributed by atoms with Crippen LogP contribution < -0.4 is 0 Å². The lowest BCUT2D eigenvalue weighted by Crippen LogP contribution is -2.32. The summed E-state index contributed by atoms with van der Waals surface area (Å²) in [5.74, 6) is 0. The Labute approximate surface area is 75.9 Å². The van der Waals surface area contributed by atoms with Crippen molar-refractivity contribution in [1.82, 2.24) is 4.90 Å². The van der Waals surface area contributed by atoms with E-state index in [4.69, 9.17) is 4.74 Å². The first-order valence-corrected chi connectivity index (χ1v) is 5.20. The number of hydrogen-bond donors (Lipinski definition) is 0. The molecule has 1 unspecified atom stereocenters. The molecule has 0 N–H and O–H groups in total. The van der Waals surface area contributed by atoms with Crippen molar-refractivity contribution < 1.29 is 4.74 Å². The minimum atomic E-state index is 0.346. The van der Waals surface area contributed by atoms with Gasteiger partial charge in [-0.25, -0.2) is 0 Å².